The maximum atomic E-state index is 14.7. The third-order valence-electron chi connectivity index (χ3n) is 21.7. The van der Waals surface area contributed by atoms with Gasteiger partial charge in [-0.3, -0.25) is 34.6 Å². The molecule has 4 amide bonds. The number of unbranched alkanes of at least 4 members (excludes halogenated alkanes) is 1. The van der Waals surface area contributed by atoms with Gasteiger partial charge in [-0.05, 0) is 182 Å². The Morgan fingerprint density at radius 3 is 1.99 bits per heavy atom. The van der Waals surface area contributed by atoms with Gasteiger partial charge in [-0.1, -0.05) is 200 Å². The largest absolute Gasteiger partial charge is 0.514 e. The zero-order valence-electron chi connectivity index (χ0n) is 60.3. The normalized spacial score (nSPS) is 19.2. The minimum atomic E-state index is -1.10. The quantitative estimate of drug-likeness (QED) is 0.00464. The smallest absolute Gasteiger partial charge is 0.497 e. The summed E-state index contributed by atoms with van der Waals surface area (Å²) >= 11 is 0. The zero-order chi connectivity index (χ0) is 71.6. The Bertz CT molecular complexity index is 3570. The lowest BCUT2D eigenvalue weighted by Crippen LogP contribution is -2.53. The lowest BCUT2D eigenvalue weighted by atomic mass is 9.51. The minimum absolute atomic E-state index is 0.0736. The highest BCUT2D eigenvalue weighted by molar-refractivity contribution is 5.98. The Morgan fingerprint density at radius 1 is 0.663 bits per heavy atom. The lowest BCUT2D eigenvalue weighted by Gasteiger charge is -2.54. The molecule has 9 unspecified atom stereocenters. The van der Waals surface area contributed by atoms with Crippen LogP contribution in [0.4, 0.5) is 16.2 Å². The molecule has 0 heterocycles. The van der Waals surface area contributed by atoms with Crippen LogP contribution in [0.2, 0.25) is 0 Å². The molecule has 0 saturated heterocycles. The predicted molar refractivity (Wildman–Crippen MR) is 397 cm³/mol. The minimum Gasteiger partial charge on any atom is -0.497 e. The average molecular weight is 1380 g/mol. The molecular weight excluding hydrogens is 1270 g/mol. The third kappa shape index (κ3) is 21.9. The van der Waals surface area contributed by atoms with Crippen LogP contribution < -0.4 is 36.1 Å². The fraction of sp³-hybridized carbons (Fsp3) is 0.488. The van der Waals surface area contributed by atoms with Crippen molar-refractivity contribution in [3.63, 3.8) is 0 Å². The number of hydrogen-bond donors (Lipinski definition) is 5. The number of non-ortho nitro benzene ring substituents is 1. The highest BCUT2D eigenvalue weighted by Crippen LogP contribution is 2.59. The molecule has 6 aromatic carbocycles. The van der Waals surface area contributed by atoms with E-state index in [1.54, 1.807) is 36.9 Å². The molecule has 2 saturated carbocycles. The van der Waals surface area contributed by atoms with Gasteiger partial charge in [-0.15, -0.1) is 0 Å². The van der Waals surface area contributed by atoms with Crippen molar-refractivity contribution in [2.75, 3.05) is 32.1 Å². The first-order valence-electron chi connectivity index (χ1n) is 37.2. The second-order valence-electron chi connectivity index (χ2n) is 28.9. The fourth-order valence-electron chi connectivity index (χ4n) is 16.0. The molecule has 3 aliphatic rings. The topological polar surface area (TPSA) is 226 Å². The van der Waals surface area contributed by atoms with E-state index in [0.29, 0.717) is 50.2 Å². The van der Waals surface area contributed by atoms with E-state index >= 15 is 0 Å². The number of amides is 4. The van der Waals surface area contributed by atoms with Crippen molar-refractivity contribution in [2.45, 2.75) is 193 Å². The van der Waals surface area contributed by atoms with Crippen molar-refractivity contribution in [2.24, 2.45) is 40.9 Å². The molecule has 17 heteroatoms. The first kappa shape index (κ1) is 76.5. The maximum absolute atomic E-state index is 14.7. The van der Waals surface area contributed by atoms with Gasteiger partial charge in [0.05, 0.1) is 23.7 Å². The summed E-state index contributed by atoms with van der Waals surface area (Å²) in [6.45, 7) is 13.5. The van der Waals surface area contributed by atoms with Crippen LogP contribution in [0, 0.1) is 51.0 Å². The number of allylic oxidation sites excluding steroid dienone is 1. The number of ether oxygens (including phenoxy) is 4. The second kappa shape index (κ2) is 38.4. The second-order valence-corrected chi connectivity index (χ2v) is 28.9. The monoisotopic (exact) mass is 1380 g/mol. The average Bonchev–Trinajstić information content (AvgIpc) is 0.757. The molecule has 17 nitrogen and oxygen atoms in total. The van der Waals surface area contributed by atoms with E-state index in [-0.39, 0.29) is 61.2 Å². The Kier molecular flexibility index (Phi) is 29.1. The summed E-state index contributed by atoms with van der Waals surface area (Å²) in [5, 5.41) is 26.8. The van der Waals surface area contributed by atoms with Crippen molar-refractivity contribution < 1.29 is 47.8 Å². The molecule has 0 spiro atoms. The highest BCUT2D eigenvalue weighted by Gasteiger charge is 2.50. The Morgan fingerprint density at radius 2 is 1.33 bits per heavy atom. The molecule has 2 fully saturated rings. The molecule has 0 bridgehead atoms. The maximum Gasteiger partial charge on any atom is 0.514 e. The molecule has 101 heavy (non-hydrogen) atoms. The van der Waals surface area contributed by atoms with Gasteiger partial charge in [0.2, 0.25) is 23.6 Å². The number of fused-ring (bicyclic) bond motifs is 3. The summed E-state index contributed by atoms with van der Waals surface area (Å²) in [5.41, 5.74) is 5.75. The molecular formula is C84H108N6O11. The van der Waals surface area contributed by atoms with Gasteiger partial charge < -0.3 is 40.2 Å². The first-order valence-corrected chi connectivity index (χ1v) is 37.2. The number of hydrogen-bond acceptors (Lipinski definition) is 12. The van der Waals surface area contributed by atoms with Gasteiger partial charge in [0.15, 0.2) is 0 Å². The zero-order valence-corrected chi connectivity index (χ0v) is 60.3. The number of carbonyl (C=O) groups excluding carboxylic acids is 5. The van der Waals surface area contributed by atoms with E-state index < -0.39 is 46.4 Å². The van der Waals surface area contributed by atoms with Crippen LogP contribution >= 0.6 is 0 Å². The SMILES string of the molecule is CCC(CCC1CCCC2C1CC=C1CC(OCCCNC(=O)CCC(=O)NC(Cc3ccccc3)C(=O)NC(CCCCNC(c3ccccc3)(c3ccccc3)c3ccc(OC)cc3)C(=O)Nc3ccc(COC(=O)Oc4ccc([N+](=O)[O-])cc4)cc3)CCC12C)C(C)CCCC(C)C. The number of anilines is 1. The summed E-state index contributed by atoms with van der Waals surface area (Å²) in [7, 11) is 1.64. The van der Waals surface area contributed by atoms with Crippen LogP contribution in [0.15, 0.2) is 175 Å². The first-order chi connectivity index (χ1) is 48.9. The van der Waals surface area contributed by atoms with E-state index in [9.17, 15) is 34.1 Å². The van der Waals surface area contributed by atoms with Crippen LogP contribution in [0.25, 0.3) is 0 Å². The molecule has 9 atom stereocenters. The molecule has 0 aliphatic heterocycles. The van der Waals surface area contributed by atoms with Crippen molar-refractivity contribution >= 4 is 41.2 Å². The van der Waals surface area contributed by atoms with Gasteiger partial charge in [0.1, 0.15) is 30.2 Å². The molecule has 5 N–H and O–H groups in total. The van der Waals surface area contributed by atoms with Crippen molar-refractivity contribution in [1.29, 1.82) is 0 Å². The number of rotatable bonds is 38. The number of nitro benzene ring substituents is 1. The number of carbonyl (C=O) groups is 5. The van der Waals surface area contributed by atoms with Gasteiger partial charge in [0.25, 0.3) is 5.69 Å². The van der Waals surface area contributed by atoms with E-state index in [0.717, 1.165) is 82.8 Å². The fourth-order valence-corrected chi connectivity index (χ4v) is 16.0. The molecule has 6 aromatic rings. The van der Waals surface area contributed by atoms with Crippen LogP contribution in [0.1, 0.15) is 184 Å². The number of nitrogens with zero attached hydrogens (tertiary/aromatic N) is 1. The molecule has 540 valence electrons. The van der Waals surface area contributed by atoms with Crippen LogP contribution in [0.5, 0.6) is 11.5 Å². The van der Waals surface area contributed by atoms with Gasteiger partial charge in [-0.25, -0.2) is 4.79 Å². The van der Waals surface area contributed by atoms with Gasteiger partial charge in [-0.2, -0.15) is 0 Å². The number of methoxy groups -OCH3 is 1. The summed E-state index contributed by atoms with van der Waals surface area (Å²) in [4.78, 5) is 79.5. The Balaban J connectivity index is 0.787. The summed E-state index contributed by atoms with van der Waals surface area (Å²) in [6.07, 6.45) is 20.2. The summed E-state index contributed by atoms with van der Waals surface area (Å²) in [6, 6.07) is 47.3. The van der Waals surface area contributed by atoms with E-state index in [2.05, 4.69) is 104 Å². The summed E-state index contributed by atoms with van der Waals surface area (Å²) < 4.78 is 22.5. The number of benzene rings is 6. The van der Waals surface area contributed by atoms with E-state index in [1.165, 1.54) is 88.5 Å². The van der Waals surface area contributed by atoms with Gasteiger partial charge >= 0.3 is 6.16 Å². The van der Waals surface area contributed by atoms with Crippen molar-refractivity contribution in [3.8, 4) is 11.5 Å². The number of nitrogens with one attached hydrogen (secondary N) is 5. The molecule has 3 aliphatic carbocycles. The van der Waals surface area contributed by atoms with E-state index in [1.807, 2.05) is 78.9 Å². The number of nitro groups is 1. The van der Waals surface area contributed by atoms with Crippen molar-refractivity contribution in [1.82, 2.24) is 21.3 Å². The van der Waals surface area contributed by atoms with Crippen LogP contribution in [-0.4, -0.2) is 79.7 Å². The standard InChI is InChI=1S/C84H108N6O11/c1-7-63(60(4)23-19-22-59(2)3)35-36-64-26-20-31-75-74(64)48-39-68-57-73(51-52-83(68,75)5)99-55-21-53-85-78(91)49-50-79(92)88-77(56-61-24-11-8-12-25-61)81(94)89-76(80(93)87-69-40-33-62(34-41-69)58-100-82(95)101-72-46-42-70(43-47-72)90(96)97)32-17-18-54-86-84(65-27-13-9-14-28-65,66-29-15-10-16-30-66)67-37-44-71(98-6)45-38-67/h8-16,24-25,27-30,33-34,37-47,59-60,63-64,73-77,86H,7,17-23,26,31-32,35-36,48-58H2,1-6H3,(H,85,91)(H,87,93)(H,88,92)(H,89,94). The van der Waals surface area contributed by atoms with Crippen LogP contribution in [-0.2, 0) is 47.2 Å². The van der Waals surface area contributed by atoms with E-state index in [4.69, 9.17) is 18.9 Å². The van der Waals surface area contributed by atoms with Crippen LogP contribution in [0.3, 0.4) is 0 Å². The molecule has 0 radical (unpaired) electrons. The predicted octanol–water partition coefficient (Wildman–Crippen LogP) is 16.7. The molecule has 9 rings (SSSR count). The van der Waals surface area contributed by atoms with Crippen molar-refractivity contribution in [3.05, 3.63) is 213 Å². The Hall–Kier alpha value is -8.67. The van der Waals surface area contributed by atoms with Gasteiger partial charge in [0, 0.05) is 50.2 Å². The third-order valence-corrected chi connectivity index (χ3v) is 21.7. The highest BCUT2D eigenvalue weighted by atomic mass is 16.7. The molecule has 0 aromatic heterocycles. The summed E-state index contributed by atoms with van der Waals surface area (Å²) in [5.74, 6) is 3.80. The lowest BCUT2D eigenvalue weighted by molar-refractivity contribution is -0.384. The Labute approximate surface area is 598 Å².